The van der Waals surface area contributed by atoms with Crippen molar-refractivity contribution in [2.45, 2.75) is 38.4 Å². The van der Waals surface area contributed by atoms with E-state index in [1.54, 1.807) is 0 Å². The Labute approximate surface area is 103 Å². The Kier molecular flexibility index (Phi) is 6.90. The normalized spacial score (nSPS) is 13.2. The molecule has 1 atom stereocenters. The van der Waals surface area contributed by atoms with Gasteiger partial charge in [-0.05, 0) is 18.4 Å². The summed E-state index contributed by atoms with van der Waals surface area (Å²) in [6.07, 6.45) is 0.975. The van der Waals surface area contributed by atoms with Crippen LogP contribution >= 0.6 is 12.6 Å². The maximum absolute atomic E-state index is 11.0. The molecule has 0 bridgehead atoms. The van der Waals surface area contributed by atoms with Crippen LogP contribution in [0.1, 0.15) is 32.8 Å². The second kappa shape index (κ2) is 7.34. The van der Waals surface area contributed by atoms with Gasteiger partial charge in [0.15, 0.2) is 0 Å². The summed E-state index contributed by atoms with van der Waals surface area (Å²) in [7, 11) is 0. The lowest BCUT2D eigenvalue weighted by molar-refractivity contribution is -0.139. The second-order valence-electron chi connectivity index (χ2n) is 3.35. The van der Waals surface area contributed by atoms with Crippen LogP contribution in [-0.2, 0) is 11.2 Å². The summed E-state index contributed by atoms with van der Waals surface area (Å²) in [6.45, 7) is 5.84. The number of hydrogen-bond donors (Lipinski definition) is 2. The fraction of sp³-hybridized carbons (Fsp3) is 0.462. The molecule has 1 rings (SSSR count). The fourth-order valence-corrected chi connectivity index (χ4v) is 1.47. The zero-order valence-electron chi connectivity index (χ0n) is 10.1. The molecule has 0 radical (unpaired) electrons. The van der Waals surface area contributed by atoms with E-state index in [0.29, 0.717) is 12.8 Å². The van der Waals surface area contributed by atoms with Gasteiger partial charge in [0.05, 0.1) is 0 Å². The molecule has 0 heterocycles. The molecule has 1 aromatic carbocycles. The van der Waals surface area contributed by atoms with Gasteiger partial charge in [-0.15, -0.1) is 0 Å². The minimum Gasteiger partial charge on any atom is -0.480 e. The first kappa shape index (κ1) is 15.0. The van der Waals surface area contributed by atoms with Gasteiger partial charge in [-0.3, -0.25) is 4.79 Å². The molecule has 0 aromatic heterocycles. The van der Waals surface area contributed by atoms with Gasteiger partial charge in [0.2, 0.25) is 0 Å². The molecule has 0 spiro atoms. The molecule has 0 aliphatic heterocycles. The summed E-state index contributed by atoms with van der Waals surface area (Å²) < 4.78 is -0.943. The van der Waals surface area contributed by atoms with Gasteiger partial charge in [-0.25, -0.2) is 0 Å². The van der Waals surface area contributed by atoms with E-state index in [2.05, 4.69) is 12.6 Å². The molecule has 0 fully saturated rings. The zero-order valence-corrected chi connectivity index (χ0v) is 11.0. The maximum Gasteiger partial charge on any atom is 0.319 e. The predicted octanol–water partition coefficient (Wildman–Crippen LogP) is 3.42. The van der Waals surface area contributed by atoms with E-state index in [-0.39, 0.29) is 0 Å². The number of thiol groups is 1. The highest BCUT2D eigenvalue weighted by molar-refractivity contribution is 7.82. The van der Waals surface area contributed by atoms with E-state index in [1.165, 1.54) is 0 Å². The lowest BCUT2D eigenvalue weighted by atomic mass is 9.96. The quantitative estimate of drug-likeness (QED) is 0.791. The van der Waals surface area contributed by atoms with Gasteiger partial charge in [0.1, 0.15) is 4.75 Å². The lowest BCUT2D eigenvalue weighted by Gasteiger charge is -2.21. The van der Waals surface area contributed by atoms with Crippen LogP contribution in [0.2, 0.25) is 0 Å². The maximum atomic E-state index is 11.0. The summed E-state index contributed by atoms with van der Waals surface area (Å²) in [6, 6.07) is 9.56. The Balaban J connectivity index is 0.00000106. The minimum absolute atomic E-state index is 0.461. The Bertz CT molecular complexity index is 311. The van der Waals surface area contributed by atoms with Crippen molar-refractivity contribution in [2.24, 2.45) is 0 Å². The van der Waals surface area contributed by atoms with E-state index < -0.39 is 10.7 Å². The predicted molar refractivity (Wildman–Crippen MR) is 71.1 cm³/mol. The molecule has 90 valence electrons. The van der Waals surface area contributed by atoms with Gasteiger partial charge in [-0.1, -0.05) is 51.1 Å². The largest absolute Gasteiger partial charge is 0.480 e. The molecule has 16 heavy (non-hydrogen) atoms. The molecular formula is C13H20O2S. The van der Waals surface area contributed by atoms with Crippen LogP contribution in [0.4, 0.5) is 0 Å². The highest BCUT2D eigenvalue weighted by Crippen LogP contribution is 2.24. The third-order valence-electron chi connectivity index (χ3n) is 2.32. The van der Waals surface area contributed by atoms with Crippen LogP contribution < -0.4 is 0 Å². The van der Waals surface area contributed by atoms with Crippen molar-refractivity contribution < 1.29 is 9.90 Å². The number of carboxylic acid groups (broad SMARTS) is 1. The average molecular weight is 240 g/mol. The summed E-state index contributed by atoms with van der Waals surface area (Å²) >= 11 is 4.23. The summed E-state index contributed by atoms with van der Waals surface area (Å²) in [4.78, 5) is 11.0. The molecule has 3 heteroatoms. The number of benzene rings is 1. The Hall–Kier alpha value is -0.960. The minimum atomic E-state index is -0.943. The molecule has 0 saturated heterocycles. The number of carboxylic acids is 1. The van der Waals surface area contributed by atoms with Crippen molar-refractivity contribution in [1.82, 2.24) is 0 Å². The Morgan fingerprint density at radius 2 is 1.81 bits per heavy atom. The van der Waals surface area contributed by atoms with Crippen molar-refractivity contribution in [3.8, 4) is 0 Å². The number of rotatable bonds is 4. The molecule has 1 aromatic rings. The van der Waals surface area contributed by atoms with E-state index in [0.717, 1.165) is 5.56 Å². The third-order valence-corrected chi connectivity index (χ3v) is 2.99. The van der Waals surface area contributed by atoms with Gasteiger partial charge in [0.25, 0.3) is 0 Å². The first-order chi connectivity index (χ1) is 7.58. The molecule has 1 unspecified atom stereocenters. The van der Waals surface area contributed by atoms with E-state index in [1.807, 2.05) is 51.1 Å². The van der Waals surface area contributed by atoms with Crippen LogP contribution in [0.3, 0.4) is 0 Å². The SMILES string of the molecule is CC.CCC(S)(Cc1ccccc1)C(=O)O. The summed E-state index contributed by atoms with van der Waals surface area (Å²) in [5, 5.41) is 9.02. The van der Waals surface area contributed by atoms with Crippen LogP contribution in [0.25, 0.3) is 0 Å². The second-order valence-corrected chi connectivity index (χ2v) is 4.21. The van der Waals surface area contributed by atoms with Gasteiger partial charge < -0.3 is 5.11 Å². The van der Waals surface area contributed by atoms with Crippen molar-refractivity contribution in [1.29, 1.82) is 0 Å². The van der Waals surface area contributed by atoms with Gasteiger partial charge >= 0.3 is 5.97 Å². The van der Waals surface area contributed by atoms with Crippen LogP contribution in [0, 0.1) is 0 Å². The number of aliphatic carboxylic acids is 1. The fourth-order valence-electron chi connectivity index (χ4n) is 1.29. The Morgan fingerprint density at radius 1 is 1.31 bits per heavy atom. The van der Waals surface area contributed by atoms with E-state index in [4.69, 9.17) is 5.11 Å². The van der Waals surface area contributed by atoms with Crippen LogP contribution in [-0.4, -0.2) is 15.8 Å². The zero-order chi connectivity index (χ0) is 12.6. The van der Waals surface area contributed by atoms with E-state index >= 15 is 0 Å². The monoisotopic (exact) mass is 240 g/mol. The topological polar surface area (TPSA) is 37.3 Å². The highest BCUT2D eigenvalue weighted by atomic mass is 32.1. The highest BCUT2D eigenvalue weighted by Gasteiger charge is 2.32. The number of hydrogen-bond acceptors (Lipinski definition) is 2. The first-order valence-corrected chi connectivity index (χ1v) is 6.03. The molecular weight excluding hydrogens is 220 g/mol. The standard InChI is InChI=1S/C11H14O2S.C2H6/c1-2-11(14,10(12)13)8-9-6-4-3-5-7-9;1-2/h3-7,14H,2,8H2,1H3,(H,12,13);1-2H3. The van der Waals surface area contributed by atoms with Crippen molar-refractivity contribution in [3.63, 3.8) is 0 Å². The third kappa shape index (κ3) is 4.27. The summed E-state index contributed by atoms with van der Waals surface area (Å²) in [5.41, 5.74) is 1.01. The molecule has 0 aliphatic carbocycles. The van der Waals surface area contributed by atoms with Crippen molar-refractivity contribution >= 4 is 18.6 Å². The molecule has 2 nitrogen and oxygen atoms in total. The van der Waals surface area contributed by atoms with Gasteiger partial charge in [0, 0.05) is 0 Å². The van der Waals surface area contributed by atoms with Crippen molar-refractivity contribution in [3.05, 3.63) is 35.9 Å². The van der Waals surface area contributed by atoms with Crippen LogP contribution in [0.5, 0.6) is 0 Å². The Morgan fingerprint density at radius 3 is 2.19 bits per heavy atom. The molecule has 0 saturated carbocycles. The van der Waals surface area contributed by atoms with Gasteiger partial charge in [-0.2, -0.15) is 12.6 Å². The smallest absolute Gasteiger partial charge is 0.319 e. The van der Waals surface area contributed by atoms with Crippen molar-refractivity contribution in [2.75, 3.05) is 0 Å². The summed E-state index contributed by atoms with van der Waals surface area (Å²) in [5.74, 6) is -0.854. The molecule has 1 N–H and O–H groups in total. The van der Waals surface area contributed by atoms with E-state index in [9.17, 15) is 4.79 Å². The van der Waals surface area contributed by atoms with Crippen LogP contribution in [0.15, 0.2) is 30.3 Å². The lowest BCUT2D eigenvalue weighted by Crippen LogP contribution is -2.34. The molecule has 0 amide bonds. The average Bonchev–Trinajstić information content (AvgIpc) is 2.32. The molecule has 0 aliphatic rings. The number of carbonyl (C=O) groups is 1. The first-order valence-electron chi connectivity index (χ1n) is 5.58.